The normalized spacial score (nSPS) is 13.6. The minimum atomic E-state index is -6.78. The first-order chi connectivity index (χ1) is 10.6. The largest absolute Gasteiger partial charge is 0.461 e. The third kappa shape index (κ3) is 4.26. The van der Waals surface area contributed by atoms with Crippen LogP contribution in [0.5, 0.6) is 5.88 Å². The maximum absolute atomic E-state index is 13.3. The van der Waals surface area contributed by atoms with Gasteiger partial charge in [-0.25, -0.2) is 4.98 Å². The van der Waals surface area contributed by atoms with Gasteiger partial charge >= 0.3 is 24.5 Å². The summed E-state index contributed by atoms with van der Waals surface area (Å²) in [5, 5.41) is 0. The molecule has 0 aliphatic carbocycles. The predicted molar refractivity (Wildman–Crippen MR) is 55.0 cm³/mol. The van der Waals surface area contributed by atoms with E-state index in [0.29, 0.717) is 12.3 Å². The maximum atomic E-state index is 13.3. The van der Waals surface area contributed by atoms with Crippen molar-refractivity contribution in [2.45, 2.75) is 24.5 Å². The second-order valence-electron chi connectivity index (χ2n) is 4.04. The third-order valence-electron chi connectivity index (χ3n) is 2.28. The fraction of sp³-hybridized carbons (Fsp3) is 0.364. The van der Waals surface area contributed by atoms with Gasteiger partial charge in [-0.15, -0.1) is 0 Å². The second kappa shape index (κ2) is 6.09. The first-order valence-corrected chi connectivity index (χ1v) is 5.51. The predicted octanol–water partition coefficient (Wildman–Crippen LogP) is 5.04. The quantitative estimate of drug-likeness (QED) is 0.546. The number of alkyl halides is 11. The molecule has 13 heteroatoms. The van der Waals surface area contributed by atoms with Gasteiger partial charge in [0.05, 0.1) is 0 Å². The summed E-state index contributed by atoms with van der Waals surface area (Å²) < 4.78 is 142. The molecule has 1 rings (SSSR count). The molecular weight excluding hydrogens is 371 g/mol. The highest BCUT2D eigenvalue weighted by Crippen LogP contribution is 2.49. The number of pyridine rings is 1. The van der Waals surface area contributed by atoms with E-state index in [1.54, 1.807) is 0 Å². The Bertz CT molecular complexity index is 581. The van der Waals surface area contributed by atoms with E-state index in [0.717, 1.165) is 12.1 Å². The number of nitrogens with zero attached hydrogens (tertiary/aromatic N) is 1. The Labute approximate surface area is 125 Å². The van der Waals surface area contributed by atoms with Crippen molar-refractivity contribution in [3.8, 4) is 5.88 Å². The zero-order valence-corrected chi connectivity index (χ0v) is 10.8. The van der Waals surface area contributed by atoms with E-state index in [4.69, 9.17) is 0 Å². The first-order valence-electron chi connectivity index (χ1n) is 5.51. The molecule has 0 aromatic carbocycles. The molecule has 0 N–H and O–H groups in total. The highest BCUT2D eigenvalue weighted by atomic mass is 19.4. The van der Waals surface area contributed by atoms with E-state index >= 15 is 0 Å². The van der Waals surface area contributed by atoms with Crippen molar-refractivity contribution >= 4 is 0 Å². The van der Waals surface area contributed by atoms with E-state index in [-0.39, 0.29) is 0 Å². The molecule has 24 heavy (non-hydrogen) atoms. The molecule has 0 saturated heterocycles. The Balaban J connectivity index is 3.72. The molecule has 1 heterocycles. The molecule has 136 valence electrons. The Kier molecular flexibility index (Phi) is 5.07. The molecule has 0 spiro atoms. The van der Waals surface area contributed by atoms with Gasteiger partial charge in [0.1, 0.15) is 0 Å². The van der Waals surface area contributed by atoms with Crippen LogP contribution in [-0.2, 0) is 0 Å². The molecule has 0 aliphatic heterocycles. The Morgan fingerprint density at radius 3 is 1.62 bits per heavy atom. The first kappa shape index (κ1) is 20.0. The average molecular weight is 375 g/mol. The number of hydrogen-bond acceptors (Lipinski definition) is 2. The molecule has 1 aromatic heterocycles. The minimum Gasteiger partial charge on any atom is -0.436 e. The van der Waals surface area contributed by atoms with Crippen molar-refractivity contribution in [2.24, 2.45) is 0 Å². The van der Waals surface area contributed by atoms with E-state index in [1.807, 2.05) is 0 Å². The summed E-state index contributed by atoms with van der Waals surface area (Å²) in [6, 6.07) is 2.44. The smallest absolute Gasteiger partial charge is 0.436 e. The molecule has 1 aromatic rings. The lowest BCUT2D eigenvalue weighted by Crippen LogP contribution is -2.44. The van der Waals surface area contributed by atoms with Crippen molar-refractivity contribution in [3.05, 3.63) is 35.7 Å². The molecule has 0 aliphatic rings. The van der Waals surface area contributed by atoms with Crippen LogP contribution in [0.15, 0.2) is 35.7 Å². The lowest BCUT2D eigenvalue weighted by atomic mass is 10.1. The zero-order valence-electron chi connectivity index (χ0n) is 10.8. The minimum absolute atomic E-state index is 0.497. The van der Waals surface area contributed by atoms with Crippen molar-refractivity contribution in [1.82, 2.24) is 4.98 Å². The van der Waals surface area contributed by atoms with Crippen LogP contribution in [0.25, 0.3) is 0 Å². The summed E-state index contributed by atoms with van der Waals surface area (Å²) in [5.74, 6) is -11.6. The Hall–Kier alpha value is -2.08. The van der Waals surface area contributed by atoms with Crippen molar-refractivity contribution in [1.29, 1.82) is 0 Å². The third-order valence-corrected chi connectivity index (χ3v) is 2.28. The van der Waals surface area contributed by atoms with Gasteiger partial charge in [0.2, 0.25) is 11.6 Å². The van der Waals surface area contributed by atoms with E-state index in [9.17, 15) is 48.3 Å². The van der Waals surface area contributed by atoms with E-state index in [2.05, 4.69) is 9.72 Å². The summed E-state index contributed by atoms with van der Waals surface area (Å²) >= 11 is 0. The highest BCUT2D eigenvalue weighted by Gasteiger charge is 2.68. The van der Waals surface area contributed by atoms with Crippen LogP contribution in [0.1, 0.15) is 0 Å². The number of allylic oxidation sites excluding steroid dienone is 2. The van der Waals surface area contributed by atoms with Crippen LogP contribution in [-0.4, -0.2) is 29.4 Å². The molecule has 0 unspecified atom stereocenters. The lowest BCUT2D eigenvalue weighted by molar-refractivity contribution is -0.277. The molecule has 2 nitrogen and oxygen atoms in total. The van der Waals surface area contributed by atoms with Crippen LogP contribution < -0.4 is 4.74 Å². The number of ether oxygens (including phenoxy) is 1. The van der Waals surface area contributed by atoms with Crippen LogP contribution >= 0.6 is 0 Å². The van der Waals surface area contributed by atoms with Gasteiger partial charge in [0.15, 0.2) is 5.57 Å². The van der Waals surface area contributed by atoms with Gasteiger partial charge in [-0.2, -0.15) is 48.3 Å². The number of halogens is 11. The number of rotatable bonds is 3. The summed E-state index contributed by atoms with van der Waals surface area (Å²) in [5.41, 5.74) is -4.12. The fourth-order valence-electron chi connectivity index (χ4n) is 1.33. The average Bonchev–Trinajstić information content (AvgIpc) is 2.34. The van der Waals surface area contributed by atoms with E-state index < -0.39 is 41.7 Å². The van der Waals surface area contributed by atoms with Gasteiger partial charge in [-0.1, -0.05) is 6.07 Å². The molecule has 0 bridgehead atoms. The lowest BCUT2D eigenvalue weighted by Gasteiger charge is -2.26. The van der Waals surface area contributed by atoms with Crippen LogP contribution in [0, 0.1) is 0 Å². The summed E-state index contributed by atoms with van der Waals surface area (Å²) in [7, 11) is 0. The van der Waals surface area contributed by atoms with Crippen molar-refractivity contribution < 1.29 is 53.0 Å². The van der Waals surface area contributed by atoms with E-state index in [1.165, 1.54) is 0 Å². The highest BCUT2D eigenvalue weighted by molar-refractivity contribution is 5.29. The van der Waals surface area contributed by atoms with Gasteiger partial charge in [0.25, 0.3) is 0 Å². The monoisotopic (exact) mass is 375 g/mol. The fourth-order valence-corrected chi connectivity index (χ4v) is 1.33. The van der Waals surface area contributed by atoms with Crippen LogP contribution in [0.3, 0.4) is 0 Å². The van der Waals surface area contributed by atoms with Gasteiger partial charge in [0, 0.05) is 12.3 Å². The SMILES string of the molecule is FC(F)(F)C(=C(Oc1ccccn1)C(F)(F)C(F)(F)F)C(F)(F)F. The molecule has 0 radical (unpaired) electrons. The molecule has 0 atom stereocenters. The molecule has 0 amide bonds. The molecule has 0 saturated carbocycles. The number of hydrogen-bond donors (Lipinski definition) is 0. The van der Waals surface area contributed by atoms with Gasteiger partial charge < -0.3 is 4.74 Å². The van der Waals surface area contributed by atoms with Gasteiger partial charge in [-0.05, 0) is 6.07 Å². The van der Waals surface area contributed by atoms with Crippen LogP contribution in [0.4, 0.5) is 48.3 Å². The second-order valence-corrected chi connectivity index (χ2v) is 4.04. The number of aromatic nitrogens is 1. The van der Waals surface area contributed by atoms with Crippen molar-refractivity contribution in [3.63, 3.8) is 0 Å². The van der Waals surface area contributed by atoms with Crippen LogP contribution in [0.2, 0.25) is 0 Å². The zero-order chi connectivity index (χ0) is 19.0. The molecule has 0 fully saturated rings. The van der Waals surface area contributed by atoms with Gasteiger partial charge in [-0.3, -0.25) is 0 Å². The summed E-state index contributed by atoms with van der Waals surface area (Å²) in [6.07, 6.45) is -19.3. The summed E-state index contributed by atoms with van der Waals surface area (Å²) in [4.78, 5) is 2.97. The Morgan fingerprint density at radius 1 is 0.792 bits per heavy atom. The topological polar surface area (TPSA) is 22.1 Å². The molecular formula is C11H4F11NO. The standard InChI is InChI=1S/C11H4F11NO/c12-8(13,11(20,21)22)7(24-5-3-1-2-4-23-5)6(9(14,15)16)10(17,18)19/h1-4H. The van der Waals surface area contributed by atoms with Crippen molar-refractivity contribution in [2.75, 3.05) is 0 Å². The Morgan fingerprint density at radius 2 is 1.29 bits per heavy atom. The summed E-state index contributed by atoms with van der Waals surface area (Å²) in [6.45, 7) is 0. The maximum Gasteiger partial charge on any atom is 0.461 e.